The zero-order valence-electron chi connectivity index (χ0n) is 19.4. The van der Waals surface area contributed by atoms with E-state index in [1.807, 2.05) is 37.6 Å². The number of fused-ring (bicyclic) bond motifs is 1. The lowest BCUT2D eigenvalue weighted by Crippen LogP contribution is -2.35. The van der Waals surface area contributed by atoms with E-state index in [-0.39, 0.29) is 0 Å². The SMILES string of the molecule is Cc1cc(CN2CCOCC2)cc(C)c1-c1ncn(C)c1-c1ccc(C#N)c2ccccc12. The van der Waals surface area contributed by atoms with Crippen molar-refractivity contribution in [3.05, 3.63) is 77.1 Å². The van der Waals surface area contributed by atoms with Gasteiger partial charge in [-0.2, -0.15) is 5.26 Å². The fourth-order valence-corrected chi connectivity index (χ4v) is 5.07. The Hall–Kier alpha value is -3.46. The van der Waals surface area contributed by atoms with Crippen molar-refractivity contribution in [2.75, 3.05) is 26.3 Å². The zero-order valence-corrected chi connectivity index (χ0v) is 19.4. The van der Waals surface area contributed by atoms with Crippen LogP contribution in [0.3, 0.4) is 0 Å². The highest BCUT2D eigenvalue weighted by Gasteiger charge is 2.20. The maximum absolute atomic E-state index is 9.58. The van der Waals surface area contributed by atoms with Gasteiger partial charge in [-0.1, -0.05) is 42.5 Å². The minimum absolute atomic E-state index is 0.692. The van der Waals surface area contributed by atoms with Gasteiger partial charge in [0.15, 0.2) is 0 Å². The molecule has 0 atom stereocenters. The molecule has 166 valence electrons. The Balaban J connectivity index is 1.61. The van der Waals surface area contributed by atoms with Gasteiger partial charge < -0.3 is 9.30 Å². The number of ether oxygens (including phenoxy) is 1. The average Bonchev–Trinajstić information content (AvgIpc) is 3.19. The molecule has 0 bridgehead atoms. The summed E-state index contributed by atoms with van der Waals surface area (Å²) in [6.07, 6.45) is 1.89. The number of aryl methyl sites for hydroxylation is 3. The molecule has 1 aliphatic heterocycles. The summed E-state index contributed by atoms with van der Waals surface area (Å²) in [5.41, 5.74) is 8.82. The minimum Gasteiger partial charge on any atom is -0.379 e. The lowest BCUT2D eigenvalue weighted by Gasteiger charge is -2.27. The minimum atomic E-state index is 0.692. The van der Waals surface area contributed by atoms with Crippen LogP contribution < -0.4 is 0 Å². The summed E-state index contributed by atoms with van der Waals surface area (Å²) in [7, 11) is 2.04. The van der Waals surface area contributed by atoms with Crippen LogP contribution in [0, 0.1) is 25.2 Å². The number of imidazole rings is 1. The van der Waals surface area contributed by atoms with E-state index in [9.17, 15) is 5.26 Å². The maximum Gasteiger partial charge on any atom is 0.0998 e. The Morgan fingerprint density at radius 2 is 1.70 bits per heavy atom. The third kappa shape index (κ3) is 3.93. The average molecular weight is 437 g/mol. The van der Waals surface area contributed by atoms with Gasteiger partial charge in [0.2, 0.25) is 0 Å². The van der Waals surface area contributed by atoms with Crippen LogP contribution >= 0.6 is 0 Å². The number of morpholine rings is 1. The van der Waals surface area contributed by atoms with Gasteiger partial charge in [0.1, 0.15) is 0 Å². The second kappa shape index (κ2) is 8.82. The second-order valence-corrected chi connectivity index (χ2v) is 8.86. The smallest absolute Gasteiger partial charge is 0.0998 e. The van der Waals surface area contributed by atoms with Gasteiger partial charge in [0.25, 0.3) is 0 Å². The number of hydrogen-bond acceptors (Lipinski definition) is 4. The molecular formula is C28H28N4O. The first-order valence-corrected chi connectivity index (χ1v) is 11.4. The fourth-order valence-electron chi connectivity index (χ4n) is 5.07. The van der Waals surface area contributed by atoms with E-state index in [1.54, 1.807) is 0 Å². The van der Waals surface area contributed by atoms with Crippen molar-refractivity contribution in [2.24, 2.45) is 7.05 Å². The summed E-state index contributed by atoms with van der Waals surface area (Å²) < 4.78 is 7.58. The molecular weight excluding hydrogens is 408 g/mol. The van der Waals surface area contributed by atoms with E-state index < -0.39 is 0 Å². The zero-order chi connectivity index (χ0) is 22.9. The van der Waals surface area contributed by atoms with Crippen molar-refractivity contribution < 1.29 is 4.74 Å². The van der Waals surface area contributed by atoms with Crippen molar-refractivity contribution >= 4 is 10.8 Å². The maximum atomic E-state index is 9.58. The van der Waals surface area contributed by atoms with Gasteiger partial charge >= 0.3 is 0 Å². The monoisotopic (exact) mass is 436 g/mol. The van der Waals surface area contributed by atoms with Crippen LogP contribution in [0.25, 0.3) is 33.3 Å². The van der Waals surface area contributed by atoms with Crippen molar-refractivity contribution in [1.82, 2.24) is 14.5 Å². The molecule has 0 saturated carbocycles. The van der Waals surface area contributed by atoms with Crippen LogP contribution in [0.15, 0.2) is 54.9 Å². The van der Waals surface area contributed by atoms with Crippen LogP contribution in [-0.2, 0) is 18.3 Å². The molecule has 0 unspecified atom stereocenters. The lowest BCUT2D eigenvalue weighted by molar-refractivity contribution is 0.0342. The van der Waals surface area contributed by atoms with Gasteiger partial charge in [0.05, 0.1) is 42.6 Å². The molecule has 0 N–H and O–H groups in total. The quantitative estimate of drug-likeness (QED) is 0.440. The molecule has 0 spiro atoms. The van der Waals surface area contributed by atoms with Crippen LogP contribution in [0.1, 0.15) is 22.3 Å². The summed E-state index contributed by atoms with van der Waals surface area (Å²) in [6, 6.07) is 19.0. The summed E-state index contributed by atoms with van der Waals surface area (Å²) >= 11 is 0. The first kappa shape index (κ1) is 21.4. The van der Waals surface area contributed by atoms with E-state index in [0.717, 1.165) is 60.6 Å². The Morgan fingerprint density at radius 1 is 1.00 bits per heavy atom. The van der Waals surface area contributed by atoms with E-state index in [4.69, 9.17) is 9.72 Å². The number of rotatable bonds is 4. The van der Waals surface area contributed by atoms with Gasteiger partial charge in [-0.3, -0.25) is 4.90 Å². The molecule has 1 saturated heterocycles. The van der Waals surface area contributed by atoms with Gasteiger partial charge in [-0.25, -0.2) is 4.98 Å². The van der Waals surface area contributed by atoms with E-state index in [2.05, 4.69) is 53.6 Å². The Kier molecular flexibility index (Phi) is 5.72. The molecule has 3 aromatic carbocycles. The largest absolute Gasteiger partial charge is 0.379 e. The molecule has 5 rings (SSSR count). The molecule has 1 aliphatic rings. The normalized spacial score (nSPS) is 14.5. The molecule has 2 heterocycles. The van der Waals surface area contributed by atoms with E-state index in [1.165, 1.54) is 22.3 Å². The molecule has 1 aromatic heterocycles. The van der Waals surface area contributed by atoms with Crippen molar-refractivity contribution in [3.63, 3.8) is 0 Å². The number of benzene rings is 3. The highest BCUT2D eigenvalue weighted by Crippen LogP contribution is 2.39. The van der Waals surface area contributed by atoms with Gasteiger partial charge in [-0.05, 0) is 42.0 Å². The molecule has 33 heavy (non-hydrogen) atoms. The number of nitrogens with zero attached hydrogens (tertiary/aromatic N) is 4. The third-order valence-electron chi connectivity index (χ3n) is 6.58. The van der Waals surface area contributed by atoms with Crippen LogP contribution in [0.2, 0.25) is 0 Å². The third-order valence-corrected chi connectivity index (χ3v) is 6.58. The van der Waals surface area contributed by atoms with Crippen molar-refractivity contribution in [1.29, 1.82) is 5.26 Å². The Labute approximate surface area is 194 Å². The first-order chi connectivity index (χ1) is 16.1. The van der Waals surface area contributed by atoms with Crippen molar-refractivity contribution in [2.45, 2.75) is 20.4 Å². The molecule has 5 nitrogen and oxygen atoms in total. The predicted molar refractivity (Wildman–Crippen MR) is 132 cm³/mol. The number of nitriles is 1. The molecule has 0 amide bonds. The highest BCUT2D eigenvalue weighted by molar-refractivity contribution is 6.01. The lowest BCUT2D eigenvalue weighted by atomic mass is 9.92. The predicted octanol–water partition coefficient (Wildman–Crippen LogP) is 5.23. The molecule has 4 aromatic rings. The molecule has 1 fully saturated rings. The van der Waals surface area contributed by atoms with Crippen LogP contribution in [0.5, 0.6) is 0 Å². The van der Waals surface area contributed by atoms with Gasteiger partial charge in [0, 0.05) is 43.2 Å². The fraction of sp³-hybridized carbons (Fsp3) is 0.286. The molecule has 0 aliphatic carbocycles. The second-order valence-electron chi connectivity index (χ2n) is 8.86. The summed E-state index contributed by atoms with van der Waals surface area (Å²) in [5.74, 6) is 0. The highest BCUT2D eigenvalue weighted by atomic mass is 16.5. The van der Waals surface area contributed by atoms with E-state index >= 15 is 0 Å². The van der Waals surface area contributed by atoms with Gasteiger partial charge in [-0.15, -0.1) is 0 Å². The summed E-state index contributed by atoms with van der Waals surface area (Å²) in [4.78, 5) is 7.30. The van der Waals surface area contributed by atoms with Crippen LogP contribution in [-0.4, -0.2) is 40.8 Å². The topological polar surface area (TPSA) is 54.1 Å². The number of hydrogen-bond donors (Lipinski definition) is 0. The van der Waals surface area contributed by atoms with Crippen molar-refractivity contribution in [3.8, 4) is 28.6 Å². The Bertz CT molecular complexity index is 1350. The molecule has 5 heteroatoms. The summed E-state index contributed by atoms with van der Waals surface area (Å²) in [5, 5.41) is 11.6. The van der Waals surface area contributed by atoms with Crippen LogP contribution in [0.4, 0.5) is 0 Å². The number of aromatic nitrogens is 2. The molecule has 0 radical (unpaired) electrons. The first-order valence-electron chi connectivity index (χ1n) is 11.4. The summed E-state index contributed by atoms with van der Waals surface area (Å²) in [6.45, 7) is 8.89. The Morgan fingerprint density at radius 3 is 2.39 bits per heavy atom. The standard InChI is InChI=1S/C28H28N4O/c1-19-14-21(17-32-10-12-33-13-11-32)15-20(2)26(19)27-28(31(3)18-30-27)25-9-8-22(16-29)23-6-4-5-7-24(23)25/h4-9,14-15,18H,10-13,17H2,1-3H3. The van der Waals surface area contributed by atoms with E-state index in [0.29, 0.717) is 5.56 Å².